The number of fused-ring (bicyclic) bond motifs is 4. The van der Waals surface area contributed by atoms with E-state index in [9.17, 15) is 20.1 Å². The normalized spacial score (nSPS) is 32.4. The van der Waals surface area contributed by atoms with E-state index in [0.717, 1.165) is 36.8 Å². The van der Waals surface area contributed by atoms with Crippen LogP contribution in [0.25, 0.3) is 0 Å². The highest BCUT2D eigenvalue weighted by Gasteiger charge is 2.53. The van der Waals surface area contributed by atoms with Gasteiger partial charge in [0.1, 0.15) is 0 Å². The third kappa shape index (κ3) is 4.52. The second kappa shape index (κ2) is 10.3. The van der Waals surface area contributed by atoms with Gasteiger partial charge in [-0.1, -0.05) is 23.2 Å². The van der Waals surface area contributed by atoms with Crippen LogP contribution in [0.2, 0.25) is 10.0 Å². The number of carbonyl (C=O) groups excluding carboxylic acids is 2. The maximum Gasteiger partial charge on any atom is 0.223 e. The molecule has 4 aliphatic heterocycles. The standard InChI is InChI=1S/C30H30Cl2N6O2/c31-21-7-19(13-35-15-21)29(17-33)9-23-1-2-24(10-29)37(23)27(39)5-6-28(40)38-25-3-4-26(38)12-30(11-25,18-34)20-8-22(32)16-36-14-20/h7-8,13-16,23-26H,1-6,9-12H2. The van der Waals surface area contributed by atoms with Crippen molar-refractivity contribution in [2.45, 2.75) is 99.2 Å². The van der Waals surface area contributed by atoms with Gasteiger partial charge in [-0.3, -0.25) is 19.6 Å². The first-order valence-corrected chi connectivity index (χ1v) is 14.7. The van der Waals surface area contributed by atoms with Crippen molar-refractivity contribution in [1.82, 2.24) is 19.8 Å². The van der Waals surface area contributed by atoms with Crippen molar-refractivity contribution in [2.75, 3.05) is 0 Å². The molecule has 4 unspecified atom stereocenters. The monoisotopic (exact) mass is 576 g/mol. The molecule has 4 aliphatic rings. The molecule has 0 N–H and O–H groups in total. The van der Waals surface area contributed by atoms with E-state index in [1.54, 1.807) is 24.8 Å². The minimum atomic E-state index is -0.713. The molecule has 2 amide bonds. The molecule has 0 saturated carbocycles. The van der Waals surface area contributed by atoms with Crippen molar-refractivity contribution in [3.05, 3.63) is 58.1 Å². The third-order valence-electron chi connectivity index (χ3n) is 9.65. The molecule has 4 saturated heterocycles. The summed E-state index contributed by atoms with van der Waals surface area (Å²) in [5.41, 5.74) is 0.193. The predicted octanol–water partition coefficient (Wildman–Crippen LogP) is 5.09. The van der Waals surface area contributed by atoms with Crippen LogP contribution in [0.3, 0.4) is 0 Å². The van der Waals surface area contributed by atoms with Crippen molar-refractivity contribution in [1.29, 1.82) is 10.5 Å². The van der Waals surface area contributed by atoms with E-state index in [-0.39, 0.29) is 48.8 Å². The fourth-order valence-electron chi connectivity index (χ4n) is 7.92. The Labute approximate surface area is 243 Å². The summed E-state index contributed by atoms with van der Waals surface area (Å²) in [5.74, 6) is -0.0327. The minimum Gasteiger partial charge on any atom is -0.337 e. The Bertz CT molecular complexity index is 1300. The summed E-state index contributed by atoms with van der Waals surface area (Å²) in [7, 11) is 0. The summed E-state index contributed by atoms with van der Waals surface area (Å²) in [6.07, 6.45) is 12.5. The Balaban J connectivity index is 1.11. The van der Waals surface area contributed by atoms with Crippen molar-refractivity contribution in [3.8, 4) is 12.1 Å². The maximum absolute atomic E-state index is 13.5. The highest BCUT2D eigenvalue weighted by molar-refractivity contribution is 6.30. The summed E-state index contributed by atoms with van der Waals surface area (Å²) < 4.78 is 0. The Kier molecular flexibility index (Phi) is 6.97. The molecule has 6 rings (SSSR count). The van der Waals surface area contributed by atoms with Crippen LogP contribution in [-0.4, -0.2) is 55.7 Å². The van der Waals surface area contributed by atoms with Crippen LogP contribution in [0, 0.1) is 22.7 Å². The van der Waals surface area contributed by atoms with E-state index < -0.39 is 10.8 Å². The van der Waals surface area contributed by atoms with Gasteiger partial charge in [0, 0.05) is 61.8 Å². The molecule has 4 bridgehead atoms. The largest absolute Gasteiger partial charge is 0.337 e. The van der Waals surface area contributed by atoms with E-state index in [4.69, 9.17) is 23.2 Å². The lowest BCUT2D eigenvalue weighted by molar-refractivity contribution is -0.142. The fourth-order valence-corrected chi connectivity index (χ4v) is 8.26. The molecule has 2 aromatic heterocycles. The molecule has 0 aromatic carbocycles. The number of carbonyl (C=O) groups is 2. The molecule has 0 radical (unpaired) electrons. The number of hydrogen-bond acceptors (Lipinski definition) is 6. The molecule has 6 heterocycles. The number of amides is 2. The van der Waals surface area contributed by atoms with Gasteiger partial charge in [0.25, 0.3) is 0 Å². The molecule has 4 fully saturated rings. The minimum absolute atomic E-state index is 0.0164. The lowest BCUT2D eigenvalue weighted by atomic mass is 9.71. The van der Waals surface area contributed by atoms with E-state index in [1.165, 1.54) is 0 Å². The third-order valence-corrected chi connectivity index (χ3v) is 10.1. The number of halogens is 2. The lowest BCUT2D eigenvalue weighted by Gasteiger charge is -2.44. The van der Waals surface area contributed by atoms with Gasteiger partial charge in [-0.25, -0.2) is 0 Å². The van der Waals surface area contributed by atoms with E-state index in [2.05, 4.69) is 22.1 Å². The number of piperidine rings is 2. The molecule has 40 heavy (non-hydrogen) atoms. The molecule has 2 aromatic rings. The van der Waals surface area contributed by atoms with Gasteiger partial charge in [-0.2, -0.15) is 10.5 Å². The molecular weight excluding hydrogens is 547 g/mol. The second-order valence-corrected chi connectivity index (χ2v) is 12.7. The summed E-state index contributed by atoms with van der Waals surface area (Å²) in [4.78, 5) is 39.2. The second-order valence-electron chi connectivity index (χ2n) is 11.9. The smallest absolute Gasteiger partial charge is 0.223 e. The van der Waals surface area contributed by atoms with E-state index >= 15 is 0 Å². The molecule has 0 spiro atoms. The average Bonchev–Trinajstić information content (AvgIpc) is 3.40. The summed E-state index contributed by atoms with van der Waals surface area (Å²) >= 11 is 12.4. The predicted molar refractivity (Wildman–Crippen MR) is 148 cm³/mol. The summed E-state index contributed by atoms with van der Waals surface area (Å²) in [6.45, 7) is 0. The Morgan fingerprint density at radius 1 is 0.725 bits per heavy atom. The summed E-state index contributed by atoms with van der Waals surface area (Å²) in [6, 6.07) is 8.54. The Morgan fingerprint density at radius 3 is 1.38 bits per heavy atom. The van der Waals surface area contributed by atoms with Crippen LogP contribution in [-0.2, 0) is 20.4 Å². The number of rotatable bonds is 5. The number of aromatic nitrogens is 2. The van der Waals surface area contributed by atoms with Crippen molar-refractivity contribution in [3.63, 3.8) is 0 Å². The Morgan fingerprint density at radius 2 is 1.07 bits per heavy atom. The van der Waals surface area contributed by atoms with Gasteiger partial charge in [-0.15, -0.1) is 0 Å². The van der Waals surface area contributed by atoms with Gasteiger partial charge >= 0.3 is 0 Å². The highest BCUT2D eigenvalue weighted by Crippen LogP contribution is 2.49. The summed E-state index contributed by atoms with van der Waals surface area (Å²) in [5, 5.41) is 21.4. The van der Waals surface area contributed by atoms with Gasteiger partial charge in [-0.05, 0) is 74.6 Å². The van der Waals surface area contributed by atoms with Crippen LogP contribution in [0.15, 0.2) is 36.9 Å². The fraction of sp³-hybridized carbons (Fsp3) is 0.533. The van der Waals surface area contributed by atoms with E-state index in [1.807, 2.05) is 21.9 Å². The van der Waals surface area contributed by atoms with Gasteiger partial charge in [0.2, 0.25) is 11.8 Å². The van der Waals surface area contributed by atoms with Gasteiger partial charge in [0.15, 0.2) is 0 Å². The zero-order valence-corrected chi connectivity index (χ0v) is 23.6. The van der Waals surface area contributed by atoms with Gasteiger partial charge < -0.3 is 9.80 Å². The van der Waals surface area contributed by atoms with Crippen LogP contribution in [0.4, 0.5) is 0 Å². The highest BCUT2D eigenvalue weighted by atomic mass is 35.5. The first-order valence-electron chi connectivity index (χ1n) is 13.9. The van der Waals surface area contributed by atoms with Crippen molar-refractivity contribution < 1.29 is 9.59 Å². The zero-order chi connectivity index (χ0) is 28.1. The first kappa shape index (κ1) is 27.0. The quantitative estimate of drug-likeness (QED) is 0.489. The van der Waals surface area contributed by atoms with Crippen LogP contribution in [0.5, 0.6) is 0 Å². The SMILES string of the molecule is N#CC1(c2cncc(Cl)c2)CC2CCC(C1)N2C(=O)CCC(=O)N1C2CCC1CC(C#N)(c1cncc(Cl)c1)C2. The zero-order valence-electron chi connectivity index (χ0n) is 22.1. The average molecular weight is 578 g/mol. The molecule has 0 aliphatic carbocycles. The molecule has 4 atom stereocenters. The van der Waals surface area contributed by atoms with Gasteiger partial charge in [0.05, 0.1) is 33.0 Å². The van der Waals surface area contributed by atoms with Crippen LogP contribution in [0.1, 0.15) is 75.3 Å². The lowest BCUT2D eigenvalue weighted by Crippen LogP contribution is -2.53. The molecule has 10 heteroatoms. The van der Waals surface area contributed by atoms with Crippen molar-refractivity contribution >= 4 is 35.0 Å². The number of pyridine rings is 2. The molecular formula is C30H30Cl2N6O2. The molecule has 206 valence electrons. The van der Waals surface area contributed by atoms with Crippen LogP contribution < -0.4 is 0 Å². The van der Waals surface area contributed by atoms with Crippen molar-refractivity contribution in [2.24, 2.45) is 0 Å². The topological polar surface area (TPSA) is 114 Å². The number of hydrogen-bond donors (Lipinski definition) is 0. The number of nitrogens with zero attached hydrogens (tertiary/aromatic N) is 6. The Hall–Kier alpha value is -3.20. The molecule has 8 nitrogen and oxygen atoms in total. The maximum atomic E-state index is 13.5. The number of nitriles is 2. The first-order chi connectivity index (χ1) is 19.3. The van der Waals surface area contributed by atoms with Crippen LogP contribution >= 0.6 is 23.2 Å². The van der Waals surface area contributed by atoms with E-state index in [0.29, 0.717) is 35.7 Å².